The van der Waals surface area contributed by atoms with Crippen LogP contribution in [-0.2, 0) is 6.42 Å². The molecule has 2 aromatic rings. The maximum absolute atomic E-state index is 5.78. The molecule has 104 valence electrons. The van der Waals surface area contributed by atoms with E-state index in [1.54, 1.807) is 11.3 Å². The number of nitrogens with zero attached hydrogens (tertiary/aromatic N) is 1. The molecule has 0 spiro atoms. The molecular formula is C14H19BrN2OS. The molecule has 0 unspecified atom stereocenters. The van der Waals surface area contributed by atoms with Gasteiger partial charge in [0, 0.05) is 13.0 Å². The zero-order valence-electron chi connectivity index (χ0n) is 11.5. The highest BCUT2D eigenvalue weighted by Crippen LogP contribution is 2.34. The molecule has 0 fully saturated rings. The second-order valence-corrected chi connectivity index (χ2v) is 7.40. The Bertz CT molecular complexity index is 514. The van der Waals surface area contributed by atoms with Gasteiger partial charge >= 0.3 is 0 Å². The normalized spacial score (nSPS) is 11.4. The van der Waals surface area contributed by atoms with Crippen molar-refractivity contribution in [3.63, 3.8) is 0 Å². The second-order valence-electron chi connectivity index (χ2n) is 5.03. The molecule has 1 N–H and O–H groups in total. The van der Waals surface area contributed by atoms with Crippen LogP contribution in [0.4, 0.5) is 0 Å². The monoisotopic (exact) mass is 342 g/mol. The molecule has 0 aliphatic carbocycles. The molecule has 0 aliphatic heterocycles. The van der Waals surface area contributed by atoms with E-state index in [4.69, 9.17) is 4.42 Å². The van der Waals surface area contributed by atoms with E-state index in [2.05, 4.69) is 53.1 Å². The fourth-order valence-corrected chi connectivity index (χ4v) is 3.19. The number of nitrogens with one attached hydrogen (secondary N) is 1. The van der Waals surface area contributed by atoms with Crippen molar-refractivity contribution in [2.75, 3.05) is 13.1 Å². The Morgan fingerprint density at radius 2 is 2.26 bits per heavy atom. The highest BCUT2D eigenvalue weighted by molar-refractivity contribution is 9.11. The third-order valence-electron chi connectivity index (χ3n) is 2.72. The van der Waals surface area contributed by atoms with Gasteiger partial charge in [0.25, 0.3) is 0 Å². The van der Waals surface area contributed by atoms with Gasteiger partial charge in [-0.2, -0.15) is 0 Å². The minimum atomic E-state index is 0.673. The Morgan fingerprint density at radius 1 is 1.47 bits per heavy atom. The molecule has 2 rings (SSSR count). The quantitative estimate of drug-likeness (QED) is 0.797. The van der Waals surface area contributed by atoms with Crippen molar-refractivity contribution in [1.29, 1.82) is 0 Å². The lowest BCUT2D eigenvalue weighted by atomic mass is 10.2. The molecule has 0 aliphatic rings. The smallest absolute Gasteiger partial charge is 0.196 e. The highest BCUT2D eigenvalue weighted by Gasteiger charge is 2.10. The Balaban J connectivity index is 1.92. The Kier molecular flexibility index (Phi) is 5.19. The van der Waals surface area contributed by atoms with Crippen LogP contribution in [-0.4, -0.2) is 18.1 Å². The summed E-state index contributed by atoms with van der Waals surface area (Å²) in [6.45, 7) is 8.42. The molecule has 0 aromatic carbocycles. The van der Waals surface area contributed by atoms with Crippen LogP contribution in [0.15, 0.2) is 20.5 Å². The average Bonchev–Trinajstić information content (AvgIpc) is 2.93. The minimum absolute atomic E-state index is 0.673. The first-order chi connectivity index (χ1) is 9.06. The standard InChI is InChI=1S/C14H19BrN2OS/c1-9(2)7-16-5-4-13-17-8-11(18-13)12-6-10(3)14(15)19-12/h6,8-9,16H,4-5,7H2,1-3H3. The van der Waals surface area contributed by atoms with Gasteiger partial charge < -0.3 is 9.73 Å². The average molecular weight is 343 g/mol. The first-order valence-electron chi connectivity index (χ1n) is 6.48. The van der Waals surface area contributed by atoms with Crippen LogP contribution in [0.25, 0.3) is 10.6 Å². The van der Waals surface area contributed by atoms with Gasteiger partial charge in [0.15, 0.2) is 11.7 Å². The van der Waals surface area contributed by atoms with Crippen LogP contribution < -0.4 is 5.32 Å². The van der Waals surface area contributed by atoms with Crippen molar-refractivity contribution in [1.82, 2.24) is 10.3 Å². The van der Waals surface area contributed by atoms with Crippen molar-refractivity contribution in [2.24, 2.45) is 5.92 Å². The van der Waals surface area contributed by atoms with E-state index in [1.165, 1.54) is 5.56 Å². The van der Waals surface area contributed by atoms with Crippen LogP contribution in [0.2, 0.25) is 0 Å². The lowest BCUT2D eigenvalue weighted by molar-refractivity contribution is 0.483. The molecule has 0 amide bonds. The number of oxazole rings is 1. The van der Waals surface area contributed by atoms with E-state index in [-0.39, 0.29) is 0 Å². The van der Waals surface area contributed by atoms with Crippen molar-refractivity contribution in [2.45, 2.75) is 27.2 Å². The first kappa shape index (κ1) is 14.8. The van der Waals surface area contributed by atoms with Gasteiger partial charge in [-0.3, -0.25) is 0 Å². The molecule has 2 aromatic heterocycles. The van der Waals surface area contributed by atoms with E-state index in [0.29, 0.717) is 5.92 Å². The Morgan fingerprint density at radius 3 is 2.89 bits per heavy atom. The predicted octanol–water partition coefficient (Wildman–Crippen LogP) is 4.26. The van der Waals surface area contributed by atoms with Gasteiger partial charge in [-0.05, 0) is 46.9 Å². The number of halogens is 1. The lowest BCUT2D eigenvalue weighted by Gasteiger charge is -2.05. The fourth-order valence-electron chi connectivity index (χ4n) is 1.71. The topological polar surface area (TPSA) is 38.1 Å². The molecule has 5 heteroatoms. The molecule has 19 heavy (non-hydrogen) atoms. The summed E-state index contributed by atoms with van der Waals surface area (Å²) < 4.78 is 6.94. The molecule has 0 radical (unpaired) electrons. The van der Waals surface area contributed by atoms with E-state index in [1.807, 2.05) is 6.20 Å². The van der Waals surface area contributed by atoms with Crippen LogP contribution in [0, 0.1) is 12.8 Å². The predicted molar refractivity (Wildman–Crippen MR) is 83.7 cm³/mol. The van der Waals surface area contributed by atoms with Crippen LogP contribution in [0.5, 0.6) is 0 Å². The third-order valence-corrected chi connectivity index (χ3v) is 4.87. The molecule has 0 bridgehead atoms. The van der Waals surface area contributed by atoms with Crippen LogP contribution in [0.1, 0.15) is 25.3 Å². The molecule has 0 saturated carbocycles. The van der Waals surface area contributed by atoms with Crippen LogP contribution in [0.3, 0.4) is 0 Å². The number of aryl methyl sites for hydroxylation is 1. The highest BCUT2D eigenvalue weighted by atomic mass is 79.9. The molecule has 0 saturated heterocycles. The van der Waals surface area contributed by atoms with Gasteiger partial charge in [0.05, 0.1) is 14.9 Å². The largest absolute Gasteiger partial charge is 0.440 e. The van der Waals surface area contributed by atoms with Crippen molar-refractivity contribution in [3.8, 4) is 10.6 Å². The third kappa shape index (κ3) is 4.16. The fraction of sp³-hybridized carbons (Fsp3) is 0.500. The van der Waals surface area contributed by atoms with Crippen molar-refractivity contribution in [3.05, 3.63) is 27.5 Å². The van der Waals surface area contributed by atoms with Gasteiger partial charge in [0.1, 0.15) is 0 Å². The van der Waals surface area contributed by atoms with Crippen LogP contribution >= 0.6 is 27.3 Å². The van der Waals surface area contributed by atoms with Gasteiger partial charge in [-0.15, -0.1) is 11.3 Å². The van der Waals surface area contributed by atoms with E-state index in [9.17, 15) is 0 Å². The minimum Gasteiger partial charge on any atom is -0.440 e. The van der Waals surface area contributed by atoms with Crippen molar-refractivity contribution >= 4 is 27.3 Å². The summed E-state index contributed by atoms with van der Waals surface area (Å²) in [5.41, 5.74) is 1.23. The summed E-state index contributed by atoms with van der Waals surface area (Å²) in [5.74, 6) is 2.33. The molecular weight excluding hydrogens is 324 g/mol. The Labute approximate surface area is 126 Å². The molecule has 3 nitrogen and oxygen atoms in total. The number of thiophene rings is 1. The molecule has 0 atom stereocenters. The SMILES string of the molecule is Cc1cc(-c2cnc(CCNCC(C)C)o2)sc1Br. The maximum atomic E-state index is 5.78. The first-order valence-corrected chi connectivity index (χ1v) is 8.09. The summed E-state index contributed by atoms with van der Waals surface area (Å²) in [6, 6.07) is 2.12. The van der Waals surface area contributed by atoms with Gasteiger partial charge in [0.2, 0.25) is 0 Å². The van der Waals surface area contributed by atoms with E-state index >= 15 is 0 Å². The summed E-state index contributed by atoms with van der Waals surface area (Å²) in [5, 5.41) is 3.39. The number of hydrogen-bond donors (Lipinski definition) is 1. The summed E-state index contributed by atoms with van der Waals surface area (Å²) in [7, 11) is 0. The summed E-state index contributed by atoms with van der Waals surface area (Å²) in [6.07, 6.45) is 2.65. The van der Waals surface area contributed by atoms with E-state index in [0.717, 1.165) is 39.8 Å². The Hall–Kier alpha value is -0.650. The summed E-state index contributed by atoms with van der Waals surface area (Å²) >= 11 is 5.21. The second kappa shape index (κ2) is 6.68. The van der Waals surface area contributed by atoms with Crippen molar-refractivity contribution < 1.29 is 4.42 Å². The number of rotatable bonds is 6. The zero-order chi connectivity index (χ0) is 13.8. The molecule has 2 heterocycles. The number of hydrogen-bond acceptors (Lipinski definition) is 4. The van der Waals surface area contributed by atoms with E-state index < -0.39 is 0 Å². The van der Waals surface area contributed by atoms with Gasteiger partial charge in [-0.25, -0.2) is 4.98 Å². The number of aromatic nitrogens is 1. The maximum Gasteiger partial charge on any atom is 0.196 e. The van der Waals surface area contributed by atoms with Gasteiger partial charge in [-0.1, -0.05) is 13.8 Å². The summed E-state index contributed by atoms with van der Waals surface area (Å²) in [4.78, 5) is 5.46. The lowest BCUT2D eigenvalue weighted by Crippen LogP contribution is -2.22. The zero-order valence-corrected chi connectivity index (χ0v) is 13.9.